The topological polar surface area (TPSA) is 43.4 Å². The second-order valence-electron chi connectivity index (χ2n) is 9.22. The molecule has 0 aromatic heterocycles. The van der Waals surface area contributed by atoms with Crippen LogP contribution in [0.2, 0.25) is 0 Å². The van der Waals surface area contributed by atoms with Crippen molar-refractivity contribution in [2.45, 2.75) is 78.2 Å². The van der Waals surface area contributed by atoms with Crippen LogP contribution < -0.4 is 0 Å². The quantitative estimate of drug-likeness (QED) is 0.682. The monoisotopic (exact) mass is 318 g/mol. The molecule has 4 fully saturated rings. The standard InChI is InChI=1S/C20H30O3/c1-12(21)14-5-6-15-13-4-7-17-20(3,11-9-18(22)23-17)16(13)8-10-19(14,15)2/h13-17H,4-11H2,1-3H3. The Morgan fingerprint density at radius 1 is 1.00 bits per heavy atom. The van der Waals surface area contributed by atoms with Crippen molar-refractivity contribution in [3.8, 4) is 0 Å². The Morgan fingerprint density at radius 3 is 2.48 bits per heavy atom. The van der Waals surface area contributed by atoms with Crippen molar-refractivity contribution in [2.24, 2.45) is 34.5 Å². The molecule has 3 nitrogen and oxygen atoms in total. The predicted molar refractivity (Wildman–Crippen MR) is 87.7 cm³/mol. The van der Waals surface area contributed by atoms with Crippen LogP contribution in [0.4, 0.5) is 0 Å². The van der Waals surface area contributed by atoms with E-state index in [1.165, 1.54) is 25.7 Å². The van der Waals surface area contributed by atoms with E-state index >= 15 is 0 Å². The summed E-state index contributed by atoms with van der Waals surface area (Å²) in [6, 6.07) is 0. The number of Topliss-reactive ketones (excluding diaryl/α,β-unsaturated/α-hetero) is 1. The number of carbonyl (C=O) groups excluding carboxylic acids is 2. The number of ketones is 1. The van der Waals surface area contributed by atoms with E-state index in [2.05, 4.69) is 13.8 Å². The zero-order valence-electron chi connectivity index (χ0n) is 14.8. The van der Waals surface area contributed by atoms with Gasteiger partial charge in [-0.1, -0.05) is 13.8 Å². The summed E-state index contributed by atoms with van der Waals surface area (Å²) in [4.78, 5) is 23.8. The molecule has 1 saturated heterocycles. The summed E-state index contributed by atoms with van der Waals surface area (Å²) in [5.74, 6) is 2.80. The fraction of sp³-hybridized carbons (Fsp3) is 0.900. The van der Waals surface area contributed by atoms with E-state index in [4.69, 9.17) is 4.74 Å². The summed E-state index contributed by atoms with van der Waals surface area (Å²) in [5.41, 5.74) is 0.397. The third kappa shape index (κ3) is 2.07. The van der Waals surface area contributed by atoms with Gasteiger partial charge >= 0.3 is 5.97 Å². The predicted octanol–water partition coefficient (Wildman–Crippen LogP) is 4.14. The van der Waals surface area contributed by atoms with Crippen LogP contribution in [0, 0.1) is 34.5 Å². The van der Waals surface area contributed by atoms with Crippen LogP contribution in [-0.2, 0) is 14.3 Å². The molecule has 0 spiro atoms. The molecule has 0 aromatic carbocycles. The van der Waals surface area contributed by atoms with Crippen molar-refractivity contribution in [1.82, 2.24) is 0 Å². The number of carbonyl (C=O) groups is 2. The molecule has 23 heavy (non-hydrogen) atoms. The SMILES string of the molecule is CC(=O)C1CCC2C3CCC4OC(=O)CCC4(C)C3CCC12C. The molecule has 0 bridgehead atoms. The largest absolute Gasteiger partial charge is 0.462 e. The Bertz CT molecular complexity index is 541. The summed E-state index contributed by atoms with van der Waals surface area (Å²) in [7, 11) is 0. The summed E-state index contributed by atoms with van der Waals surface area (Å²) < 4.78 is 5.75. The van der Waals surface area contributed by atoms with Crippen molar-refractivity contribution < 1.29 is 14.3 Å². The van der Waals surface area contributed by atoms with Crippen LogP contribution >= 0.6 is 0 Å². The van der Waals surface area contributed by atoms with Gasteiger partial charge in [-0.3, -0.25) is 9.59 Å². The second-order valence-corrected chi connectivity index (χ2v) is 9.22. The minimum Gasteiger partial charge on any atom is -0.462 e. The lowest BCUT2D eigenvalue weighted by molar-refractivity contribution is -0.192. The van der Waals surface area contributed by atoms with Crippen LogP contribution in [0.25, 0.3) is 0 Å². The Balaban J connectivity index is 1.63. The van der Waals surface area contributed by atoms with E-state index in [1.54, 1.807) is 6.92 Å². The molecule has 0 amide bonds. The number of rotatable bonds is 1. The molecule has 3 heteroatoms. The lowest BCUT2D eigenvalue weighted by Gasteiger charge is -2.59. The first-order valence-corrected chi connectivity index (χ1v) is 9.56. The van der Waals surface area contributed by atoms with E-state index in [0.717, 1.165) is 25.2 Å². The van der Waals surface area contributed by atoms with E-state index in [0.29, 0.717) is 24.0 Å². The fourth-order valence-corrected chi connectivity index (χ4v) is 7.22. The summed E-state index contributed by atoms with van der Waals surface area (Å²) >= 11 is 0. The van der Waals surface area contributed by atoms with Gasteiger partial charge in [0.05, 0.1) is 0 Å². The number of hydrogen-bond donors (Lipinski definition) is 0. The normalized spacial score (nSPS) is 52.1. The molecule has 4 aliphatic rings. The average Bonchev–Trinajstić information content (AvgIpc) is 2.85. The lowest BCUT2D eigenvalue weighted by atomic mass is 9.47. The van der Waals surface area contributed by atoms with Gasteiger partial charge in [-0.05, 0) is 75.0 Å². The molecule has 3 aliphatic carbocycles. The molecule has 1 heterocycles. The maximum Gasteiger partial charge on any atom is 0.306 e. The Labute approximate surface area is 139 Å². The third-order valence-electron chi connectivity index (χ3n) is 8.41. The smallest absolute Gasteiger partial charge is 0.306 e. The zero-order valence-corrected chi connectivity index (χ0v) is 14.8. The molecule has 7 atom stereocenters. The van der Waals surface area contributed by atoms with Gasteiger partial charge < -0.3 is 4.74 Å². The van der Waals surface area contributed by atoms with Gasteiger partial charge in [0.15, 0.2) is 0 Å². The summed E-state index contributed by atoms with van der Waals surface area (Å²) in [6.45, 7) is 6.56. The van der Waals surface area contributed by atoms with E-state index in [-0.39, 0.29) is 28.8 Å². The highest BCUT2D eigenvalue weighted by atomic mass is 16.5. The molecule has 128 valence electrons. The summed E-state index contributed by atoms with van der Waals surface area (Å²) in [6.07, 6.45) is 8.65. The molecule has 1 aliphatic heterocycles. The first kappa shape index (κ1) is 15.7. The van der Waals surface area contributed by atoms with Crippen molar-refractivity contribution in [3.05, 3.63) is 0 Å². The van der Waals surface area contributed by atoms with Gasteiger partial charge in [0.2, 0.25) is 0 Å². The first-order chi connectivity index (χ1) is 10.9. The Hall–Kier alpha value is -0.860. The molecule has 7 unspecified atom stereocenters. The molecule has 4 rings (SSSR count). The highest BCUT2D eigenvalue weighted by Crippen LogP contribution is 2.66. The Kier molecular flexibility index (Phi) is 3.45. The van der Waals surface area contributed by atoms with Gasteiger partial charge in [0.25, 0.3) is 0 Å². The molecular formula is C20H30O3. The van der Waals surface area contributed by atoms with Gasteiger partial charge in [0.1, 0.15) is 11.9 Å². The van der Waals surface area contributed by atoms with Crippen molar-refractivity contribution in [3.63, 3.8) is 0 Å². The molecule has 0 N–H and O–H groups in total. The van der Waals surface area contributed by atoms with Crippen LogP contribution in [-0.4, -0.2) is 17.9 Å². The maximum atomic E-state index is 12.1. The van der Waals surface area contributed by atoms with E-state index in [1.807, 2.05) is 0 Å². The third-order valence-corrected chi connectivity index (χ3v) is 8.41. The first-order valence-electron chi connectivity index (χ1n) is 9.56. The highest BCUT2D eigenvalue weighted by molar-refractivity contribution is 5.79. The lowest BCUT2D eigenvalue weighted by Crippen LogP contribution is -2.56. The van der Waals surface area contributed by atoms with Gasteiger partial charge in [-0.25, -0.2) is 0 Å². The number of hydrogen-bond acceptors (Lipinski definition) is 3. The van der Waals surface area contributed by atoms with Crippen molar-refractivity contribution in [1.29, 1.82) is 0 Å². The van der Waals surface area contributed by atoms with E-state index < -0.39 is 0 Å². The van der Waals surface area contributed by atoms with Crippen LogP contribution in [0.1, 0.15) is 72.1 Å². The van der Waals surface area contributed by atoms with Gasteiger partial charge in [-0.15, -0.1) is 0 Å². The summed E-state index contributed by atoms with van der Waals surface area (Å²) in [5, 5.41) is 0. The minimum atomic E-state index is 0.00378. The average molecular weight is 318 g/mol. The number of ether oxygens (including phenoxy) is 1. The zero-order chi connectivity index (χ0) is 16.4. The molecule has 0 aromatic rings. The molecular weight excluding hydrogens is 288 g/mol. The number of fused-ring (bicyclic) bond motifs is 5. The van der Waals surface area contributed by atoms with Crippen molar-refractivity contribution >= 4 is 11.8 Å². The van der Waals surface area contributed by atoms with Gasteiger partial charge in [0, 0.05) is 17.8 Å². The minimum absolute atomic E-state index is 0.00378. The second kappa shape index (κ2) is 5.07. The van der Waals surface area contributed by atoms with Gasteiger partial charge in [-0.2, -0.15) is 0 Å². The Morgan fingerprint density at radius 2 is 1.74 bits per heavy atom. The van der Waals surface area contributed by atoms with E-state index in [9.17, 15) is 9.59 Å². The fourth-order valence-electron chi connectivity index (χ4n) is 7.22. The van der Waals surface area contributed by atoms with Crippen LogP contribution in [0.5, 0.6) is 0 Å². The van der Waals surface area contributed by atoms with Crippen LogP contribution in [0.3, 0.4) is 0 Å². The van der Waals surface area contributed by atoms with Crippen LogP contribution in [0.15, 0.2) is 0 Å². The van der Waals surface area contributed by atoms with Crippen molar-refractivity contribution in [2.75, 3.05) is 0 Å². The number of esters is 1. The molecule has 0 radical (unpaired) electrons. The molecule has 3 saturated carbocycles. The maximum absolute atomic E-state index is 12.1. The highest BCUT2D eigenvalue weighted by Gasteiger charge is 2.61.